The molecule has 0 unspecified atom stereocenters. The van der Waals surface area contributed by atoms with Gasteiger partial charge in [-0.2, -0.15) is 13.2 Å². The van der Waals surface area contributed by atoms with Crippen molar-refractivity contribution in [1.29, 1.82) is 0 Å². The van der Waals surface area contributed by atoms with Crippen LogP contribution in [0.2, 0.25) is 0 Å². The number of allylic oxidation sites excluding steroid dienone is 3. The zero-order valence-corrected chi connectivity index (χ0v) is 14.1. The van der Waals surface area contributed by atoms with Crippen LogP contribution in [0.4, 0.5) is 13.2 Å². The molecule has 1 aliphatic carbocycles. The summed E-state index contributed by atoms with van der Waals surface area (Å²) in [6, 6.07) is 6.20. The van der Waals surface area contributed by atoms with E-state index in [1.165, 1.54) is 12.1 Å². The lowest BCUT2D eigenvalue weighted by atomic mass is 9.77. The minimum absolute atomic E-state index is 0.116. The van der Waals surface area contributed by atoms with E-state index in [4.69, 9.17) is 0 Å². The Kier molecular flexibility index (Phi) is 4.99. The van der Waals surface area contributed by atoms with Crippen molar-refractivity contribution in [2.24, 2.45) is 5.41 Å². The van der Waals surface area contributed by atoms with Gasteiger partial charge in [0.25, 0.3) is 0 Å². The molecule has 5 heteroatoms. The first-order valence-electron chi connectivity index (χ1n) is 7.25. The summed E-state index contributed by atoms with van der Waals surface area (Å²) in [7, 11) is 0. The highest BCUT2D eigenvalue weighted by atomic mass is 32.2. The normalized spacial score (nSPS) is 17.6. The van der Waals surface area contributed by atoms with Crippen LogP contribution in [0.25, 0.3) is 5.70 Å². The van der Waals surface area contributed by atoms with Crippen LogP contribution in [0.5, 0.6) is 0 Å². The van der Waals surface area contributed by atoms with Crippen LogP contribution < -0.4 is 5.32 Å². The highest BCUT2D eigenvalue weighted by molar-refractivity contribution is 8.00. The fourth-order valence-corrected chi connectivity index (χ4v) is 3.28. The van der Waals surface area contributed by atoms with Crippen molar-refractivity contribution in [3.05, 3.63) is 60.3 Å². The van der Waals surface area contributed by atoms with E-state index in [0.717, 1.165) is 29.7 Å². The molecule has 1 aromatic carbocycles. The lowest BCUT2D eigenvalue weighted by Crippen LogP contribution is -2.23. The molecule has 23 heavy (non-hydrogen) atoms. The Balaban J connectivity index is 2.05. The molecule has 124 valence electrons. The van der Waals surface area contributed by atoms with Crippen molar-refractivity contribution in [3.63, 3.8) is 0 Å². The van der Waals surface area contributed by atoms with E-state index >= 15 is 0 Å². The standard InChI is InChI=1S/C18H20F3NS/c1-12-9-15(11-17(3,4)10-12)22-13(2)14-5-7-16(8-6-14)23-18(19,20)21/h5-9,22H,1-2,10-11H2,3-4H3. The topological polar surface area (TPSA) is 12.0 Å². The van der Waals surface area contributed by atoms with E-state index < -0.39 is 5.51 Å². The Morgan fingerprint density at radius 1 is 1.17 bits per heavy atom. The van der Waals surface area contributed by atoms with Gasteiger partial charge in [0.05, 0.1) is 0 Å². The van der Waals surface area contributed by atoms with Crippen LogP contribution in [-0.2, 0) is 0 Å². The Hall–Kier alpha value is -1.62. The molecule has 2 rings (SSSR count). The molecular formula is C18H20F3NS. The minimum atomic E-state index is -4.27. The maximum atomic E-state index is 12.3. The van der Waals surface area contributed by atoms with Gasteiger partial charge in [0.1, 0.15) is 0 Å². The molecule has 1 nitrogen and oxygen atoms in total. The number of nitrogens with one attached hydrogen (secondary N) is 1. The van der Waals surface area contributed by atoms with Gasteiger partial charge in [-0.3, -0.25) is 0 Å². The van der Waals surface area contributed by atoms with Crippen molar-refractivity contribution >= 4 is 17.5 Å². The molecule has 0 radical (unpaired) electrons. The molecule has 0 saturated carbocycles. The molecule has 1 aromatic rings. The number of hydrogen-bond donors (Lipinski definition) is 1. The molecule has 0 fully saturated rings. The van der Waals surface area contributed by atoms with Gasteiger partial charge in [-0.1, -0.05) is 44.7 Å². The van der Waals surface area contributed by atoms with E-state index in [0.29, 0.717) is 5.70 Å². The van der Waals surface area contributed by atoms with Crippen LogP contribution in [0.1, 0.15) is 32.3 Å². The molecule has 0 aliphatic heterocycles. The number of thioether (sulfide) groups is 1. The third-order valence-corrected chi connectivity index (χ3v) is 4.24. The predicted molar refractivity (Wildman–Crippen MR) is 90.8 cm³/mol. The summed E-state index contributed by atoms with van der Waals surface area (Å²) < 4.78 is 37.0. The summed E-state index contributed by atoms with van der Waals surface area (Å²) in [5.41, 5.74) is -0.590. The van der Waals surface area contributed by atoms with Crippen molar-refractivity contribution < 1.29 is 13.2 Å². The zero-order chi connectivity index (χ0) is 17.3. The van der Waals surface area contributed by atoms with E-state index in [-0.39, 0.29) is 22.1 Å². The van der Waals surface area contributed by atoms with Crippen molar-refractivity contribution in [1.82, 2.24) is 5.32 Å². The number of halogens is 3. The first kappa shape index (κ1) is 17.7. The zero-order valence-electron chi connectivity index (χ0n) is 13.3. The Labute approximate surface area is 139 Å². The van der Waals surface area contributed by atoms with Gasteiger partial charge < -0.3 is 5.32 Å². The maximum Gasteiger partial charge on any atom is 0.446 e. The summed E-state index contributed by atoms with van der Waals surface area (Å²) in [6.07, 6.45) is 3.85. The summed E-state index contributed by atoms with van der Waals surface area (Å²) in [4.78, 5) is 0.167. The second-order valence-corrected chi connectivity index (χ2v) is 7.66. The third kappa shape index (κ3) is 5.50. The fourth-order valence-electron chi connectivity index (χ4n) is 2.75. The van der Waals surface area contributed by atoms with Gasteiger partial charge in [-0.05, 0) is 53.8 Å². The first-order chi connectivity index (χ1) is 10.5. The summed E-state index contributed by atoms with van der Waals surface area (Å²) in [6.45, 7) is 12.4. The predicted octanol–water partition coefficient (Wildman–Crippen LogP) is 6.12. The Morgan fingerprint density at radius 2 is 1.78 bits per heavy atom. The summed E-state index contributed by atoms with van der Waals surface area (Å²) in [5.74, 6) is 0. The fraction of sp³-hybridized carbons (Fsp3) is 0.333. The highest BCUT2D eigenvalue weighted by Crippen LogP contribution is 2.38. The van der Waals surface area contributed by atoms with E-state index in [2.05, 4.69) is 32.3 Å². The molecule has 0 heterocycles. The van der Waals surface area contributed by atoms with E-state index in [9.17, 15) is 13.2 Å². The Bertz CT molecular complexity index is 639. The third-order valence-electron chi connectivity index (χ3n) is 3.50. The SMILES string of the molecule is C=C1C=C(NC(=C)c2ccc(SC(F)(F)F)cc2)CC(C)(C)C1. The second-order valence-electron chi connectivity index (χ2n) is 6.52. The van der Waals surface area contributed by atoms with Crippen molar-refractivity contribution in [3.8, 4) is 0 Å². The van der Waals surface area contributed by atoms with Gasteiger partial charge in [0.15, 0.2) is 0 Å². The quantitative estimate of drug-likeness (QED) is 0.663. The molecule has 0 spiro atoms. The largest absolute Gasteiger partial charge is 0.446 e. The lowest BCUT2D eigenvalue weighted by molar-refractivity contribution is -0.0328. The average molecular weight is 339 g/mol. The van der Waals surface area contributed by atoms with Crippen molar-refractivity contribution in [2.75, 3.05) is 0 Å². The average Bonchev–Trinajstić information content (AvgIpc) is 2.34. The molecular weight excluding hydrogens is 319 g/mol. The summed E-state index contributed by atoms with van der Waals surface area (Å²) >= 11 is -0.116. The van der Waals surface area contributed by atoms with Gasteiger partial charge >= 0.3 is 5.51 Å². The molecule has 0 aromatic heterocycles. The minimum Gasteiger partial charge on any atom is -0.359 e. The molecule has 0 saturated heterocycles. The number of alkyl halides is 3. The van der Waals surface area contributed by atoms with Crippen LogP contribution in [0.3, 0.4) is 0 Å². The van der Waals surface area contributed by atoms with Gasteiger partial charge in [0.2, 0.25) is 0 Å². The van der Waals surface area contributed by atoms with Crippen LogP contribution >= 0.6 is 11.8 Å². The van der Waals surface area contributed by atoms with E-state index in [1.54, 1.807) is 12.1 Å². The van der Waals surface area contributed by atoms with Crippen LogP contribution in [0.15, 0.2) is 59.7 Å². The first-order valence-corrected chi connectivity index (χ1v) is 8.06. The smallest absolute Gasteiger partial charge is 0.359 e. The lowest BCUT2D eigenvalue weighted by Gasteiger charge is -2.31. The van der Waals surface area contributed by atoms with Crippen molar-refractivity contribution in [2.45, 2.75) is 37.1 Å². The van der Waals surface area contributed by atoms with Gasteiger partial charge in [0, 0.05) is 16.3 Å². The molecule has 0 atom stereocenters. The van der Waals surface area contributed by atoms with Crippen LogP contribution in [0, 0.1) is 5.41 Å². The number of rotatable bonds is 4. The molecule has 0 amide bonds. The number of benzene rings is 1. The maximum absolute atomic E-state index is 12.3. The van der Waals surface area contributed by atoms with Gasteiger partial charge in [-0.15, -0.1) is 0 Å². The van der Waals surface area contributed by atoms with Crippen LogP contribution in [-0.4, -0.2) is 5.51 Å². The molecule has 1 N–H and O–H groups in total. The number of hydrogen-bond acceptors (Lipinski definition) is 2. The molecule has 0 bridgehead atoms. The van der Waals surface area contributed by atoms with Gasteiger partial charge in [-0.25, -0.2) is 0 Å². The summed E-state index contributed by atoms with van der Waals surface area (Å²) in [5, 5.41) is 3.27. The molecule has 1 aliphatic rings. The monoisotopic (exact) mass is 339 g/mol. The second kappa shape index (κ2) is 6.48. The highest BCUT2D eigenvalue weighted by Gasteiger charge is 2.29. The Morgan fingerprint density at radius 3 is 2.30 bits per heavy atom. The van der Waals surface area contributed by atoms with E-state index in [1.807, 2.05) is 6.08 Å².